The first-order chi connectivity index (χ1) is 10.6. The Labute approximate surface area is 129 Å². The topological polar surface area (TPSA) is 53.8 Å². The summed E-state index contributed by atoms with van der Waals surface area (Å²) in [5.41, 5.74) is 2.40. The number of Topliss-reactive ketones (excluding diaryl/α,β-unsaturated/α-hetero) is 1. The monoisotopic (exact) mass is 298 g/mol. The van der Waals surface area contributed by atoms with E-state index in [1.807, 2.05) is 29.2 Å². The molecule has 5 heteroatoms. The summed E-state index contributed by atoms with van der Waals surface area (Å²) in [4.78, 5) is 27.6. The number of carbonyl (C=O) groups is 2. The minimum Gasteiger partial charge on any atom is -0.472 e. The van der Waals surface area contributed by atoms with Crippen molar-refractivity contribution >= 4 is 17.4 Å². The molecule has 1 aromatic carbocycles. The summed E-state index contributed by atoms with van der Waals surface area (Å²) in [5.74, 6) is 0.0856. The van der Waals surface area contributed by atoms with Gasteiger partial charge in [-0.3, -0.25) is 9.59 Å². The van der Waals surface area contributed by atoms with Crippen molar-refractivity contribution in [2.75, 3.05) is 31.1 Å². The number of amides is 1. The van der Waals surface area contributed by atoms with Gasteiger partial charge in [0, 0.05) is 37.4 Å². The number of benzene rings is 1. The van der Waals surface area contributed by atoms with Gasteiger partial charge < -0.3 is 14.2 Å². The SMILES string of the molecule is CC(=O)c1ccc(N2CCN(C(=O)c3ccoc3)CC2)cc1. The van der Waals surface area contributed by atoms with Crippen molar-refractivity contribution < 1.29 is 14.0 Å². The predicted octanol–water partition coefficient (Wildman–Crippen LogP) is 2.44. The van der Waals surface area contributed by atoms with Gasteiger partial charge in [0.05, 0.1) is 11.8 Å². The molecule has 1 amide bonds. The number of rotatable bonds is 3. The molecule has 0 radical (unpaired) electrons. The zero-order valence-corrected chi connectivity index (χ0v) is 12.5. The maximum Gasteiger partial charge on any atom is 0.257 e. The van der Waals surface area contributed by atoms with Crippen LogP contribution >= 0.6 is 0 Å². The summed E-state index contributed by atoms with van der Waals surface area (Å²) in [6.45, 7) is 4.48. The van der Waals surface area contributed by atoms with Crippen LogP contribution in [0, 0.1) is 0 Å². The molecule has 0 atom stereocenters. The molecule has 1 aliphatic heterocycles. The predicted molar refractivity (Wildman–Crippen MR) is 83.3 cm³/mol. The fraction of sp³-hybridized carbons (Fsp3) is 0.294. The quantitative estimate of drug-likeness (QED) is 0.817. The normalized spacial score (nSPS) is 15.0. The molecule has 0 saturated carbocycles. The second kappa shape index (κ2) is 6.05. The van der Waals surface area contributed by atoms with Crippen molar-refractivity contribution in [3.63, 3.8) is 0 Å². The molecule has 1 aromatic heterocycles. The first-order valence-electron chi connectivity index (χ1n) is 7.32. The Balaban J connectivity index is 1.62. The van der Waals surface area contributed by atoms with Gasteiger partial charge in [-0.1, -0.05) is 0 Å². The van der Waals surface area contributed by atoms with Gasteiger partial charge in [-0.25, -0.2) is 0 Å². The zero-order valence-electron chi connectivity index (χ0n) is 12.5. The molecule has 0 N–H and O–H groups in total. The van der Waals surface area contributed by atoms with Gasteiger partial charge in [0.1, 0.15) is 6.26 Å². The molecular weight excluding hydrogens is 280 g/mol. The van der Waals surface area contributed by atoms with Crippen LogP contribution in [0.2, 0.25) is 0 Å². The molecule has 2 aromatic rings. The molecule has 2 heterocycles. The number of furan rings is 1. The van der Waals surface area contributed by atoms with Crippen molar-refractivity contribution in [3.05, 3.63) is 54.0 Å². The average molecular weight is 298 g/mol. The molecule has 0 unspecified atom stereocenters. The number of piperazine rings is 1. The Morgan fingerprint density at radius 3 is 2.18 bits per heavy atom. The summed E-state index contributed by atoms with van der Waals surface area (Å²) >= 11 is 0. The van der Waals surface area contributed by atoms with Crippen molar-refractivity contribution in [1.29, 1.82) is 0 Å². The van der Waals surface area contributed by atoms with Gasteiger partial charge in [-0.2, -0.15) is 0 Å². The summed E-state index contributed by atoms with van der Waals surface area (Å²) < 4.78 is 4.96. The molecule has 0 bridgehead atoms. The lowest BCUT2D eigenvalue weighted by Gasteiger charge is -2.36. The lowest BCUT2D eigenvalue weighted by molar-refractivity contribution is 0.0746. The number of nitrogens with zero attached hydrogens (tertiary/aromatic N) is 2. The van der Waals surface area contributed by atoms with E-state index in [2.05, 4.69) is 4.90 Å². The number of anilines is 1. The fourth-order valence-corrected chi connectivity index (χ4v) is 2.64. The number of hydrogen-bond donors (Lipinski definition) is 0. The van der Waals surface area contributed by atoms with Crippen LogP contribution in [0.4, 0.5) is 5.69 Å². The summed E-state index contributed by atoms with van der Waals surface area (Å²) in [6.07, 6.45) is 3.00. The van der Waals surface area contributed by atoms with E-state index in [0.717, 1.165) is 24.3 Å². The molecule has 3 rings (SSSR count). The lowest BCUT2D eigenvalue weighted by atomic mass is 10.1. The molecule has 0 spiro atoms. The number of carbonyl (C=O) groups excluding carboxylic acids is 2. The van der Waals surface area contributed by atoms with Gasteiger partial charge in [0.15, 0.2) is 5.78 Å². The van der Waals surface area contributed by atoms with Crippen LogP contribution in [0.3, 0.4) is 0 Å². The van der Waals surface area contributed by atoms with E-state index < -0.39 is 0 Å². The standard InChI is InChI=1S/C17H18N2O3/c1-13(20)14-2-4-16(5-3-14)18-7-9-19(10-8-18)17(21)15-6-11-22-12-15/h2-6,11-12H,7-10H2,1H3. The van der Waals surface area contributed by atoms with Crippen LogP contribution in [0.5, 0.6) is 0 Å². The second-order valence-corrected chi connectivity index (χ2v) is 5.39. The van der Waals surface area contributed by atoms with Crippen LogP contribution in [-0.4, -0.2) is 42.8 Å². The Bertz CT molecular complexity index is 654. The lowest BCUT2D eigenvalue weighted by Crippen LogP contribution is -2.48. The van der Waals surface area contributed by atoms with Gasteiger partial charge in [0.25, 0.3) is 5.91 Å². The van der Waals surface area contributed by atoms with Crippen molar-refractivity contribution in [2.24, 2.45) is 0 Å². The minimum atomic E-state index is 0.0142. The van der Waals surface area contributed by atoms with Crippen LogP contribution in [0.15, 0.2) is 47.3 Å². The van der Waals surface area contributed by atoms with E-state index in [1.54, 1.807) is 13.0 Å². The van der Waals surface area contributed by atoms with Crippen LogP contribution in [0.1, 0.15) is 27.6 Å². The van der Waals surface area contributed by atoms with Crippen molar-refractivity contribution in [2.45, 2.75) is 6.92 Å². The Morgan fingerprint density at radius 1 is 0.955 bits per heavy atom. The van der Waals surface area contributed by atoms with Gasteiger partial charge in [0.2, 0.25) is 0 Å². The molecule has 1 aliphatic rings. The van der Waals surface area contributed by atoms with Crippen LogP contribution in [0.25, 0.3) is 0 Å². The highest BCUT2D eigenvalue weighted by atomic mass is 16.3. The summed E-state index contributed by atoms with van der Waals surface area (Å²) in [6, 6.07) is 9.31. The third-order valence-corrected chi connectivity index (χ3v) is 3.97. The molecule has 5 nitrogen and oxygen atoms in total. The molecule has 1 fully saturated rings. The smallest absolute Gasteiger partial charge is 0.257 e. The Morgan fingerprint density at radius 2 is 1.64 bits per heavy atom. The molecule has 22 heavy (non-hydrogen) atoms. The first-order valence-corrected chi connectivity index (χ1v) is 7.32. The fourth-order valence-electron chi connectivity index (χ4n) is 2.64. The maximum absolute atomic E-state index is 12.2. The average Bonchev–Trinajstić information content (AvgIpc) is 3.09. The third kappa shape index (κ3) is 2.88. The highest BCUT2D eigenvalue weighted by molar-refractivity contribution is 5.94. The molecule has 1 saturated heterocycles. The van der Waals surface area contributed by atoms with E-state index in [0.29, 0.717) is 18.7 Å². The largest absolute Gasteiger partial charge is 0.472 e. The van der Waals surface area contributed by atoms with Crippen LogP contribution in [-0.2, 0) is 0 Å². The second-order valence-electron chi connectivity index (χ2n) is 5.39. The Kier molecular flexibility index (Phi) is 3.96. The number of ketones is 1. The molecule has 0 aliphatic carbocycles. The van der Waals surface area contributed by atoms with E-state index in [-0.39, 0.29) is 11.7 Å². The Hall–Kier alpha value is -2.56. The van der Waals surface area contributed by atoms with E-state index in [9.17, 15) is 9.59 Å². The van der Waals surface area contributed by atoms with E-state index >= 15 is 0 Å². The molecule has 114 valence electrons. The van der Waals surface area contributed by atoms with E-state index in [4.69, 9.17) is 4.42 Å². The minimum absolute atomic E-state index is 0.0142. The first kappa shape index (κ1) is 14.4. The van der Waals surface area contributed by atoms with Crippen molar-refractivity contribution in [1.82, 2.24) is 4.90 Å². The third-order valence-electron chi connectivity index (χ3n) is 3.97. The van der Waals surface area contributed by atoms with Gasteiger partial charge in [-0.05, 0) is 37.3 Å². The highest BCUT2D eigenvalue weighted by Crippen LogP contribution is 2.18. The van der Waals surface area contributed by atoms with Gasteiger partial charge >= 0.3 is 0 Å². The maximum atomic E-state index is 12.2. The van der Waals surface area contributed by atoms with Crippen molar-refractivity contribution in [3.8, 4) is 0 Å². The van der Waals surface area contributed by atoms with Crippen LogP contribution < -0.4 is 4.90 Å². The van der Waals surface area contributed by atoms with Gasteiger partial charge in [-0.15, -0.1) is 0 Å². The van der Waals surface area contributed by atoms with E-state index in [1.165, 1.54) is 12.5 Å². The number of hydrogen-bond acceptors (Lipinski definition) is 4. The summed E-state index contributed by atoms with van der Waals surface area (Å²) in [5, 5.41) is 0. The highest BCUT2D eigenvalue weighted by Gasteiger charge is 2.22. The zero-order chi connectivity index (χ0) is 15.5. The molecular formula is C17H18N2O3. The summed E-state index contributed by atoms with van der Waals surface area (Å²) in [7, 11) is 0.